The van der Waals surface area contributed by atoms with E-state index in [4.69, 9.17) is 0 Å². The largest absolute Gasteiger partial charge is 0.392 e. The first-order valence-electron chi connectivity index (χ1n) is 8.49. The third kappa shape index (κ3) is 4.43. The topological polar surface area (TPSA) is 48.4 Å². The van der Waals surface area contributed by atoms with Gasteiger partial charge in [0, 0.05) is 37.8 Å². The molecule has 4 heteroatoms. The molecule has 0 spiro atoms. The molecule has 0 radical (unpaired) electrons. The van der Waals surface area contributed by atoms with Gasteiger partial charge in [0.1, 0.15) is 5.82 Å². The summed E-state index contributed by atoms with van der Waals surface area (Å²) in [7, 11) is 0. The van der Waals surface area contributed by atoms with E-state index in [9.17, 15) is 5.11 Å². The fourth-order valence-electron chi connectivity index (χ4n) is 3.19. The van der Waals surface area contributed by atoms with Crippen molar-refractivity contribution in [3.05, 3.63) is 23.9 Å². The molecule has 1 unspecified atom stereocenters. The van der Waals surface area contributed by atoms with Crippen LogP contribution >= 0.6 is 0 Å². The van der Waals surface area contributed by atoms with Crippen LogP contribution in [-0.2, 0) is 6.54 Å². The Hall–Kier alpha value is -1.13. The first kappa shape index (κ1) is 17.2. The number of aromatic nitrogens is 1. The average molecular weight is 305 g/mol. The molecule has 1 aromatic rings. The molecule has 0 saturated carbocycles. The number of hydrogen-bond acceptors (Lipinski definition) is 4. The molecule has 124 valence electrons. The highest BCUT2D eigenvalue weighted by molar-refractivity contribution is 5.40. The van der Waals surface area contributed by atoms with Crippen molar-refractivity contribution in [2.75, 3.05) is 24.5 Å². The van der Waals surface area contributed by atoms with E-state index >= 15 is 0 Å². The van der Waals surface area contributed by atoms with Crippen molar-refractivity contribution in [2.45, 2.75) is 53.2 Å². The molecule has 1 aromatic heterocycles. The summed E-state index contributed by atoms with van der Waals surface area (Å²) >= 11 is 0. The Labute approximate surface area is 134 Å². The Kier molecular flexibility index (Phi) is 5.81. The lowest BCUT2D eigenvalue weighted by Crippen LogP contribution is -2.41. The zero-order valence-electron chi connectivity index (χ0n) is 14.5. The van der Waals surface area contributed by atoms with E-state index in [1.165, 1.54) is 18.4 Å². The molecule has 0 amide bonds. The van der Waals surface area contributed by atoms with Gasteiger partial charge >= 0.3 is 0 Å². The van der Waals surface area contributed by atoms with Crippen LogP contribution in [0.4, 0.5) is 5.82 Å². The maximum Gasteiger partial charge on any atom is 0.128 e. The minimum absolute atomic E-state index is 0.128. The average Bonchev–Trinajstić information content (AvgIpc) is 3.01. The molecule has 1 fully saturated rings. The van der Waals surface area contributed by atoms with E-state index in [1.807, 2.05) is 6.20 Å². The second-order valence-corrected chi connectivity index (χ2v) is 7.50. The van der Waals surface area contributed by atoms with Crippen molar-refractivity contribution in [3.63, 3.8) is 0 Å². The minimum Gasteiger partial charge on any atom is -0.392 e. The van der Waals surface area contributed by atoms with Crippen molar-refractivity contribution in [3.8, 4) is 0 Å². The van der Waals surface area contributed by atoms with Gasteiger partial charge in [0.25, 0.3) is 0 Å². The number of aliphatic hydroxyl groups is 1. The lowest BCUT2D eigenvalue weighted by Gasteiger charge is -2.33. The van der Waals surface area contributed by atoms with Gasteiger partial charge in [-0.2, -0.15) is 0 Å². The molecule has 2 rings (SSSR count). The maximum atomic E-state index is 10.3. The van der Waals surface area contributed by atoms with Crippen molar-refractivity contribution in [1.29, 1.82) is 0 Å². The predicted molar refractivity (Wildman–Crippen MR) is 92.0 cm³/mol. The SMILES string of the molecule is CC(C)C(O)C(C)(C)CNCc1ccc(N2CCCC2)nc1. The van der Waals surface area contributed by atoms with E-state index in [0.717, 1.165) is 32.0 Å². The summed E-state index contributed by atoms with van der Waals surface area (Å²) < 4.78 is 0. The van der Waals surface area contributed by atoms with Gasteiger partial charge in [-0.15, -0.1) is 0 Å². The quantitative estimate of drug-likeness (QED) is 0.813. The predicted octanol–water partition coefficient (Wildman–Crippen LogP) is 2.81. The number of rotatable bonds is 7. The second-order valence-electron chi connectivity index (χ2n) is 7.50. The summed E-state index contributed by atoms with van der Waals surface area (Å²) in [5, 5.41) is 13.7. The highest BCUT2D eigenvalue weighted by Gasteiger charge is 2.29. The van der Waals surface area contributed by atoms with E-state index in [1.54, 1.807) is 0 Å². The molecule has 1 aliphatic rings. The van der Waals surface area contributed by atoms with Gasteiger partial charge in [-0.05, 0) is 30.4 Å². The third-order valence-corrected chi connectivity index (χ3v) is 4.58. The molecule has 1 aliphatic heterocycles. The van der Waals surface area contributed by atoms with Gasteiger partial charge < -0.3 is 15.3 Å². The molecular formula is C18H31N3O. The van der Waals surface area contributed by atoms with Crippen LogP contribution in [0.3, 0.4) is 0 Å². The number of hydrogen-bond donors (Lipinski definition) is 2. The Morgan fingerprint density at radius 1 is 1.27 bits per heavy atom. The molecule has 1 atom stereocenters. The summed E-state index contributed by atoms with van der Waals surface area (Å²) in [5.74, 6) is 1.37. The zero-order valence-corrected chi connectivity index (χ0v) is 14.5. The number of aliphatic hydroxyl groups excluding tert-OH is 1. The van der Waals surface area contributed by atoms with Crippen LogP contribution in [0.25, 0.3) is 0 Å². The molecular weight excluding hydrogens is 274 g/mol. The molecule has 22 heavy (non-hydrogen) atoms. The van der Waals surface area contributed by atoms with Gasteiger partial charge in [0.15, 0.2) is 0 Å². The highest BCUT2D eigenvalue weighted by atomic mass is 16.3. The van der Waals surface area contributed by atoms with E-state index in [2.05, 4.69) is 55.0 Å². The first-order valence-corrected chi connectivity index (χ1v) is 8.49. The number of anilines is 1. The first-order chi connectivity index (χ1) is 10.4. The summed E-state index contributed by atoms with van der Waals surface area (Å²) in [4.78, 5) is 6.92. The third-order valence-electron chi connectivity index (χ3n) is 4.58. The molecule has 4 nitrogen and oxygen atoms in total. The van der Waals surface area contributed by atoms with Gasteiger partial charge in [0.2, 0.25) is 0 Å². The van der Waals surface area contributed by atoms with E-state index in [0.29, 0.717) is 0 Å². The number of nitrogens with zero attached hydrogens (tertiary/aromatic N) is 2. The Bertz CT molecular complexity index is 450. The Morgan fingerprint density at radius 2 is 1.95 bits per heavy atom. The molecule has 2 heterocycles. The van der Waals surface area contributed by atoms with Crippen LogP contribution in [0.5, 0.6) is 0 Å². The monoisotopic (exact) mass is 305 g/mol. The van der Waals surface area contributed by atoms with Crippen LogP contribution < -0.4 is 10.2 Å². The van der Waals surface area contributed by atoms with Gasteiger partial charge in [-0.25, -0.2) is 4.98 Å². The molecule has 0 aromatic carbocycles. The van der Waals surface area contributed by atoms with Crippen molar-refractivity contribution < 1.29 is 5.11 Å². The van der Waals surface area contributed by atoms with Crippen LogP contribution in [0.1, 0.15) is 46.1 Å². The van der Waals surface area contributed by atoms with Crippen LogP contribution in [0.2, 0.25) is 0 Å². The fraction of sp³-hybridized carbons (Fsp3) is 0.722. The second kappa shape index (κ2) is 7.42. The Balaban J connectivity index is 1.81. The highest BCUT2D eigenvalue weighted by Crippen LogP contribution is 2.25. The van der Waals surface area contributed by atoms with Crippen LogP contribution in [-0.4, -0.2) is 35.8 Å². The van der Waals surface area contributed by atoms with Gasteiger partial charge in [-0.3, -0.25) is 0 Å². The molecule has 0 bridgehead atoms. The summed E-state index contributed by atoms with van der Waals surface area (Å²) in [5.41, 5.74) is 1.06. The van der Waals surface area contributed by atoms with E-state index in [-0.39, 0.29) is 17.4 Å². The minimum atomic E-state index is -0.296. The normalized spacial score (nSPS) is 17.3. The maximum absolute atomic E-state index is 10.3. The van der Waals surface area contributed by atoms with Crippen molar-refractivity contribution >= 4 is 5.82 Å². The standard InChI is InChI=1S/C18H31N3O/c1-14(2)17(22)18(3,4)13-19-11-15-7-8-16(20-12-15)21-9-5-6-10-21/h7-8,12,14,17,19,22H,5-6,9-11,13H2,1-4H3. The Morgan fingerprint density at radius 3 is 2.50 bits per heavy atom. The van der Waals surface area contributed by atoms with Gasteiger partial charge in [0.05, 0.1) is 6.10 Å². The lowest BCUT2D eigenvalue weighted by atomic mass is 9.80. The van der Waals surface area contributed by atoms with Crippen molar-refractivity contribution in [1.82, 2.24) is 10.3 Å². The van der Waals surface area contributed by atoms with Crippen LogP contribution in [0, 0.1) is 11.3 Å². The smallest absolute Gasteiger partial charge is 0.128 e. The number of pyridine rings is 1. The summed E-state index contributed by atoms with van der Waals surface area (Å²) in [6.07, 6.45) is 4.22. The summed E-state index contributed by atoms with van der Waals surface area (Å²) in [6, 6.07) is 4.27. The molecule has 0 aliphatic carbocycles. The molecule has 1 saturated heterocycles. The summed E-state index contributed by atoms with van der Waals surface area (Å²) in [6.45, 7) is 12.2. The molecule has 2 N–H and O–H groups in total. The van der Waals surface area contributed by atoms with Gasteiger partial charge in [-0.1, -0.05) is 33.8 Å². The zero-order chi connectivity index (χ0) is 16.2. The fourth-order valence-corrected chi connectivity index (χ4v) is 3.19. The van der Waals surface area contributed by atoms with Crippen molar-refractivity contribution in [2.24, 2.45) is 11.3 Å². The lowest BCUT2D eigenvalue weighted by molar-refractivity contribution is 0.0134. The van der Waals surface area contributed by atoms with Crippen LogP contribution in [0.15, 0.2) is 18.3 Å². The van der Waals surface area contributed by atoms with E-state index < -0.39 is 0 Å². The number of nitrogens with one attached hydrogen (secondary N) is 1.